The van der Waals surface area contributed by atoms with Gasteiger partial charge < -0.3 is 20.3 Å². The van der Waals surface area contributed by atoms with Crippen LogP contribution in [0.2, 0.25) is 0 Å². The molecule has 0 saturated carbocycles. The molecule has 0 bridgehead atoms. The number of rotatable bonds is 6. The van der Waals surface area contributed by atoms with Crippen LogP contribution in [0.1, 0.15) is 24.3 Å². The second-order valence-electron chi connectivity index (χ2n) is 7.12. The molecule has 2 aliphatic heterocycles. The highest BCUT2D eigenvalue weighted by Gasteiger charge is 2.36. The number of piperidine rings is 1. The molecule has 2 N–H and O–H groups in total. The molecule has 2 heterocycles. The summed E-state index contributed by atoms with van der Waals surface area (Å²) < 4.78 is 31.9. The molecule has 156 valence electrons. The number of nitrogens with zero attached hydrogens (tertiary/aromatic N) is 1. The zero-order valence-corrected chi connectivity index (χ0v) is 16.6. The van der Waals surface area contributed by atoms with E-state index < -0.39 is 17.6 Å². The lowest BCUT2D eigenvalue weighted by Gasteiger charge is -2.34. The van der Waals surface area contributed by atoms with Crippen LogP contribution in [0.15, 0.2) is 18.2 Å². The minimum Gasteiger partial charge on any atom is -0.383 e. The van der Waals surface area contributed by atoms with E-state index in [1.165, 1.54) is 6.07 Å². The first-order valence-corrected chi connectivity index (χ1v) is 9.22. The molecule has 2 amide bonds. The topological polar surface area (TPSA) is 70.7 Å². The van der Waals surface area contributed by atoms with Gasteiger partial charge in [-0.3, -0.25) is 9.59 Å². The molecule has 2 aliphatic rings. The maximum atomic E-state index is 13.6. The van der Waals surface area contributed by atoms with E-state index >= 15 is 0 Å². The van der Waals surface area contributed by atoms with Crippen LogP contribution in [-0.4, -0.2) is 62.7 Å². The van der Waals surface area contributed by atoms with E-state index in [-0.39, 0.29) is 42.6 Å². The molecule has 3 atom stereocenters. The predicted molar refractivity (Wildman–Crippen MR) is 102 cm³/mol. The standard InChI is InChI=1S/C19H25F2N3O3.ClH/c1-27-7-6-24-11-13(9-18(24)25)19(26)23-17-10-22-5-4-14(17)12-2-3-15(20)16(21)8-12;/h2-3,8,13-14,17,22H,4-7,9-11H2,1H3,(H,23,26);1H. The van der Waals surface area contributed by atoms with Gasteiger partial charge in [-0.2, -0.15) is 0 Å². The number of hydrogen-bond donors (Lipinski definition) is 2. The van der Waals surface area contributed by atoms with E-state index in [1.807, 2.05) is 0 Å². The molecule has 3 rings (SSSR count). The third-order valence-electron chi connectivity index (χ3n) is 5.33. The summed E-state index contributed by atoms with van der Waals surface area (Å²) in [7, 11) is 1.57. The van der Waals surface area contributed by atoms with Crippen molar-refractivity contribution in [3.8, 4) is 0 Å². The van der Waals surface area contributed by atoms with E-state index in [0.29, 0.717) is 38.2 Å². The van der Waals surface area contributed by atoms with E-state index in [4.69, 9.17) is 4.74 Å². The van der Waals surface area contributed by atoms with Crippen LogP contribution in [0.3, 0.4) is 0 Å². The number of benzene rings is 1. The van der Waals surface area contributed by atoms with Gasteiger partial charge in [-0.1, -0.05) is 6.07 Å². The number of halogens is 3. The summed E-state index contributed by atoms with van der Waals surface area (Å²) in [6, 6.07) is 3.66. The van der Waals surface area contributed by atoms with Gasteiger partial charge in [0.1, 0.15) is 0 Å². The van der Waals surface area contributed by atoms with E-state index in [1.54, 1.807) is 18.1 Å². The quantitative estimate of drug-likeness (QED) is 0.735. The minimum atomic E-state index is -0.883. The van der Waals surface area contributed by atoms with Crippen LogP contribution in [0.4, 0.5) is 8.78 Å². The summed E-state index contributed by atoms with van der Waals surface area (Å²) in [4.78, 5) is 26.4. The Bertz CT molecular complexity index is 707. The van der Waals surface area contributed by atoms with Crippen LogP contribution in [0.5, 0.6) is 0 Å². The zero-order valence-electron chi connectivity index (χ0n) is 15.7. The molecule has 2 saturated heterocycles. The Morgan fingerprint density at radius 3 is 2.86 bits per heavy atom. The number of nitrogens with one attached hydrogen (secondary N) is 2. The van der Waals surface area contributed by atoms with Crippen molar-refractivity contribution in [3.63, 3.8) is 0 Å². The van der Waals surface area contributed by atoms with Gasteiger partial charge in [0.25, 0.3) is 0 Å². The van der Waals surface area contributed by atoms with Crippen molar-refractivity contribution in [2.45, 2.75) is 24.8 Å². The largest absolute Gasteiger partial charge is 0.383 e. The lowest BCUT2D eigenvalue weighted by atomic mass is 9.85. The Hall–Kier alpha value is -1.77. The second kappa shape index (κ2) is 10.1. The average Bonchev–Trinajstić information content (AvgIpc) is 3.03. The van der Waals surface area contributed by atoms with Crippen molar-refractivity contribution >= 4 is 24.2 Å². The van der Waals surface area contributed by atoms with Crippen LogP contribution >= 0.6 is 12.4 Å². The number of hydrogen-bond acceptors (Lipinski definition) is 4. The number of carbonyl (C=O) groups is 2. The summed E-state index contributed by atoms with van der Waals surface area (Å²) in [5.41, 5.74) is 0.671. The molecule has 9 heteroatoms. The van der Waals surface area contributed by atoms with Gasteiger partial charge >= 0.3 is 0 Å². The van der Waals surface area contributed by atoms with Crippen molar-refractivity contribution < 1.29 is 23.1 Å². The smallest absolute Gasteiger partial charge is 0.225 e. The number of ether oxygens (including phenoxy) is 1. The molecule has 0 aliphatic carbocycles. The SMILES string of the molecule is COCCN1CC(C(=O)NC2CNCCC2c2ccc(F)c(F)c2)CC1=O.Cl. The van der Waals surface area contributed by atoms with Crippen LogP contribution in [0, 0.1) is 17.6 Å². The van der Waals surface area contributed by atoms with Crippen molar-refractivity contribution in [2.75, 3.05) is 39.9 Å². The third kappa shape index (κ3) is 5.18. The number of methoxy groups -OCH3 is 1. The van der Waals surface area contributed by atoms with Gasteiger partial charge in [-0.05, 0) is 30.7 Å². The van der Waals surface area contributed by atoms with Gasteiger partial charge in [0, 0.05) is 45.1 Å². The lowest BCUT2D eigenvalue weighted by Crippen LogP contribution is -2.51. The molecule has 1 aromatic rings. The highest BCUT2D eigenvalue weighted by Crippen LogP contribution is 2.28. The maximum Gasteiger partial charge on any atom is 0.225 e. The third-order valence-corrected chi connectivity index (χ3v) is 5.33. The van der Waals surface area contributed by atoms with Gasteiger partial charge in [0.2, 0.25) is 11.8 Å². The van der Waals surface area contributed by atoms with E-state index in [2.05, 4.69) is 10.6 Å². The first-order valence-electron chi connectivity index (χ1n) is 9.22. The number of carbonyl (C=O) groups excluding carboxylic acids is 2. The minimum absolute atomic E-state index is 0. The van der Waals surface area contributed by atoms with E-state index in [9.17, 15) is 18.4 Å². The Morgan fingerprint density at radius 1 is 1.36 bits per heavy atom. The molecule has 0 spiro atoms. The first kappa shape index (κ1) is 22.5. The predicted octanol–water partition coefficient (Wildman–Crippen LogP) is 1.44. The fourth-order valence-electron chi connectivity index (χ4n) is 3.82. The molecule has 1 aromatic carbocycles. The number of likely N-dealkylation sites (tertiary alicyclic amines) is 1. The monoisotopic (exact) mass is 417 g/mol. The fraction of sp³-hybridized carbons (Fsp3) is 0.579. The summed E-state index contributed by atoms with van der Waals surface area (Å²) in [5, 5.41) is 6.24. The molecule has 2 fully saturated rings. The molecule has 0 radical (unpaired) electrons. The van der Waals surface area contributed by atoms with Crippen LogP contribution in [0.25, 0.3) is 0 Å². The molecule has 6 nitrogen and oxygen atoms in total. The summed E-state index contributed by atoms with van der Waals surface area (Å²) >= 11 is 0. The summed E-state index contributed by atoms with van der Waals surface area (Å²) in [6.07, 6.45) is 0.894. The second-order valence-corrected chi connectivity index (χ2v) is 7.12. The molecular weight excluding hydrogens is 392 g/mol. The Morgan fingerprint density at radius 2 is 2.14 bits per heavy atom. The van der Waals surface area contributed by atoms with Crippen molar-refractivity contribution in [3.05, 3.63) is 35.4 Å². The average molecular weight is 418 g/mol. The highest BCUT2D eigenvalue weighted by atomic mass is 35.5. The van der Waals surface area contributed by atoms with E-state index in [0.717, 1.165) is 12.6 Å². The normalized spacial score (nSPS) is 24.8. The van der Waals surface area contributed by atoms with Crippen molar-refractivity contribution in [1.82, 2.24) is 15.5 Å². The lowest BCUT2D eigenvalue weighted by molar-refractivity contribution is -0.129. The van der Waals surface area contributed by atoms with Crippen molar-refractivity contribution in [2.24, 2.45) is 5.92 Å². The molecule has 0 aromatic heterocycles. The Labute approximate surface area is 169 Å². The highest BCUT2D eigenvalue weighted by molar-refractivity contribution is 5.89. The van der Waals surface area contributed by atoms with Gasteiger partial charge in [0.15, 0.2) is 11.6 Å². The Balaban J connectivity index is 0.00000280. The summed E-state index contributed by atoms with van der Waals surface area (Å²) in [5.74, 6) is -2.50. The van der Waals surface area contributed by atoms with Gasteiger partial charge in [-0.15, -0.1) is 12.4 Å². The van der Waals surface area contributed by atoms with Gasteiger partial charge in [0.05, 0.1) is 12.5 Å². The molecular formula is C19H26ClF2N3O3. The summed E-state index contributed by atoms with van der Waals surface area (Å²) in [6.45, 7) is 2.57. The van der Waals surface area contributed by atoms with Crippen molar-refractivity contribution in [1.29, 1.82) is 0 Å². The number of amides is 2. The zero-order chi connectivity index (χ0) is 19.4. The Kier molecular flexibility index (Phi) is 8.15. The van der Waals surface area contributed by atoms with Crippen LogP contribution in [-0.2, 0) is 14.3 Å². The van der Waals surface area contributed by atoms with Crippen LogP contribution < -0.4 is 10.6 Å². The van der Waals surface area contributed by atoms with Gasteiger partial charge in [-0.25, -0.2) is 8.78 Å². The maximum absolute atomic E-state index is 13.6. The fourth-order valence-corrected chi connectivity index (χ4v) is 3.82. The molecule has 28 heavy (non-hydrogen) atoms. The molecule has 3 unspecified atom stereocenters. The first-order chi connectivity index (χ1) is 13.0.